The van der Waals surface area contributed by atoms with Gasteiger partial charge in [-0.2, -0.15) is 0 Å². The summed E-state index contributed by atoms with van der Waals surface area (Å²) in [5.74, 6) is -3.73. The van der Waals surface area contributed by atoms with Crippen LogP contribution in [0.15, 0.2) is 30.4 Å². The molecule has 1 aromatic carbocycles. The van der Waals surface area contributed by atoms with Gasteiger partial charge in [0.1, 0.15) is 12.4 Å². The van der Waals surface area contributed by atoms with Gasteiger partial charge in [0.2, 0.25) is 0 Å². The Balaban J connectivity index is 2.87. The number of carboxylic acids is 3. The summed E-state index contributed by atoms with van der Waals surface area (Å²) in [6, 6.07) is 3.48. The molecule has 3 N–H and O–H groups in total. The molecule has 1 aromatic rings. The Bertz CT molecular complexity index is 545. The molecular formula is C12H10O7. The molecule has 19 heavy (non-hydrogen) atoms. The number of carboxylic acid groups (broad SMARTS) is 3. The number of hydrogen-bond acceptors (Lipinski definition) is 4. The summed E-state index contributed by atoms with van der Waals surface area (Å²) in [5.41, 5.74) is -0.742. The Morgan fingerprint density at radius 1 is 1.05 bits per heavy atom. The molecule has 0 bridgehead atoms. The Morgan fingerprint density at radius 3 is 2.21 bits per heavy atom. The van der Waals surface area contributed by atoms with E-state index in [2.05, 4.69) is 0 Å². The highest BCUT2D eigenvalue weighted by Gasteiger charge is 2.16. The lowest BCUT2D eigenvalue weighted by Crippen LogP contribution is -2.08. The number of aromatic carboxylic acids is 2. The molecule has 0 saturated carbocycles. The largest absolute Gasteiger partial charge is 0.490 e. The molecule has 0 aromatic heterocycles. The zero-order chi connectivity index (χ0) is 14.4. The first-order valence-corrected chi connectivity index (χ1v) is 5.04. The van der Waals surface area contributed by atoms with Gasteiger partial charge in [-0.3, -0.25) is 0 Å². The number of benzene rings is 1. The maximum Gasteiger partial charge on any atom is 0.336 e. The summed E-state index contributed by atoms with van der Waals surface area (Å²) < 4.78 is 5.08. The van der Waals surface area contributed by atoms with Crippen LogP contribution in [-0.4, -0.2) is 39.8 Å². The lowest BCUT2D eigenvalue weighted by Gasteiger charge is -2.06. The van der Waals surface area contributed by atoms with E-state index < -0.39 is 23.5 Å². The monoisotopic (exact) mass is 266 g/mol. The minimum absolute atomic E-state index is 0.0716. The summed E-state index contributed by atoms with van der Waals surface area (Å²) in [4.78, 5) is 31.9. The molecule has 0 fully saturated rings. The molecule has 7 heteroatoms. The lowest BCUT2D eigenvalue weighted by molar-refractivity contribution is -0.131. The van der Waals surface area contributed by atoms with Gasteiger partial charge in [0, 0.05) is 6.08 Å². The Kier molecular flexibility index (Phi) is 4.64. The van der Waals surface area contributed by atoms with Crippen molar-refractivity contribution in [2.24, 2.45) is 0 Å². The predicted molar refractivity (Wildman–Crippen MR) is 62.6 cm³/mol. The highest BCUT2D eigenvalue weighted by atomic mass is 16.5. The maximum atomic E-state index is 10.9. The normalized spacial score (nSPS) is 10.3. The molecule has 0 aliphatic rings. The van der Waals surface area contributed by atoms with E-state index in [1.807, 2.05) is 0 Å². The topological polar surface area (TPSA) is 121 Å². The third-order valence-electron chi connectivity index (χ3n) is 2.06. The summed E-state index contributed by atoms with van der Waals surface area (Å²) in [5, 5.41) is 26.0. The standard InChI is InChI=1S/C12H10O7/c13-10(14)2-1-5-19-7-3-4-8(11(15)16)9(6-7)12(17)18/h1-4,6H,5H2,(H,13,14)(H,15,16)(H,17,18)/b2-1+. The number of carbonyl (C=O) groups is 3. The van der Waals surface area contributed by atoms with Crippen LogP contribution in [0.2, 0.25) is 0 Å². The van der Waals surface area contributed by atoms with Crippen molar-refractivity contribution < 1.29 is 34.4 Å². The second-order valence-electron chi connectivity index (χ2n) is 3.37. The molecule has 0 spiro atoms. The number of rotatable bonds is 6. The van der Waals surface area contributed by atoms with Gasteiger partial charge in [-0.25, -0.2) is 14.4 Å². The third kappa shape index (κ3) is 4.15. The molecular weight excluding hydrogens is 256 g/mol. The Labute approximate surface area is 107 Å². The molecule has 1 rings (SSSR count). The number of ether oxygens (including phenoxy) is 1. The summed E-state index contributed by atoms with van der Waals surface area (Å²) >= 11 is 0. The smallest absolute Gasteiger partial charge is 0.336 e. The van der Waals surface area contributed by atoms with E-state index in [0.717, 1.165) is 18.2 Å². The van der Waals surface area contributed by atoms with Gasteiger partial charge in [0.25, 0.3) is 0 Å². The fraction of sp³-hybridized carbons (Fsp3) is 0.0833. The number of hydrogen-bond donors (Lipinski definition) is 3. The van der Waals surface area contributed by atoms with Crippen molar-refractivity contribution in [1.82, 2.24) is 0 Å². The summed E-state index contributed by atoms with van der Waals surface area (Å²) in [6.45, 7) is -0.0716. The van der Waals surface area contributed by atoms with E-state index in [1.54, 1.807) is 0 Å². The van der Waals surface area contributed by atoms with Crippen LogP contribution in [0.5, 0.6) is 5.75 Å². The van der Waals surface area contributed by atoms with Crippen molar-refractivity contribution in [2.75, 3.05) is 6.61 Å². The second-order valence-corrected chi connectivity index (χ2v) is 3.37. The molecule has 0 saturated heterocycles. The fourth-order valence-electron chi connectivity index (χ4n) is 1.27. The molecule has 0 unspecified atom stereocenters. The average Bonchev–Trinajstić information content (AvgIpc) is 2.33. The minimum Gasteiger partial charge on any atom is -0.490 e. The quantitative estimate of drug-likeness (QED) is 0.659. The molecule has 0 atom stereocenters. The number of aliphatic carboxylic acids is 1. The van der Waals surface area contributed by atoms with Crippen molar-refractivity contribution in [1.29, 1.82) is 0 Å². The molecule has 0 heterocycles. The van der Waals surface area contributed by atoms with E-state index >= 15 is 0 Å². The van der Waals surface area contributed by atoms with Gasteiger partial charge in [-0.05, 0) is 24.3 Å². The van der Waals surface area contributed by atoms with Crippen LogP contribution in [0.3, 0.4) is 0 Å². The van der Waals surface area contributed by atoms with Gasteiger partial charge in [-0.1, -0.05) is 0 Å². The molecule has 100 valence electrons. The predicted octanol–water partition coefficient (Wildman–Crippen LogP) is 1.10. The maximum absolute atomic E-state index is 10.9. The average molecular weight is 266 g/mol. The first-order chi connectivity index (χ1) is 8.91. The van der Waals surface area contributed by atoms with Crippen LogP contribution in [-0.2, 0) is 4.79 Å². The summed E-state index contributed by atoms with van der Waals surface area (Å²) in [7, 11) is 0. The third-order valence-corrected chi connectivity index (χ3v) is 2.06. The van der Waals surface area contributed by atoms with Gasteiger partial charge in [0.05, 0.1) is 11.1 Å². The minimum atomic E-state index is -1.39. The Morgan fingerprint density at radius 2 is 1.68 bits per heavy atom. The van der Waals surface area contributed by atoms with E-state index in [0.29, 0.717) is 0 Å². The zero-order valence-corrected chi connectivity index (χ0v) is 9.57. The fourth-order valence-corrected chi connectivity index (χ4v) is 1.27. The second kappa shape index (κ2) is 6.20. The van der Waals surface area contributed by atoms with E-state index in [-0.39, 0.29) is 17.9 Å². The van der Waals surface area contributed by atoms with Crippen LogP contribution >= 0.6 is 0 Å². The van der Waals surface area contributed by atoms with Gasteiger partial charge in [-0.15, -0.1) is 0 Å². The van der Waals surface area contributed by atoms with E-state index in [9.17, 15) is 14.4 Å². The highest BCUT2D eigenvalue weighted by molar-refractivity contribution is 6.01. The van der Waals surface area contributed by atoms with Gasteiger partial charge in [0.15, 0.2) is 0 Å². The van der Waals surface area contributed by atoms with Crippen LogP contribution in [0.25, 0.3) is 0 Å². The molecule has 0 aliphatic heterocycles. The molecule has 0 aliphatic carbocycles. The van der Waals surface area contributed by atoms with Crippen LogP contribution in [0, 0.1) is 0 Å². The van der Waals surface area contributed by atoms with E-state index in [1.165, 1.54) is 12.1 Å². The molecule has 0 radical (unpaired) electrons. The van der Waals surface area contributed by atoms with Crippen LogP contribution in [0.4, 0.5) is 0 Å². The first-order valence-electron chi connectivity index (χ1n) is 5.04. The van der Waals surface area contributed by atoms with Crippen molar-refractivity contribution in [3.8, 4) is 5.75 Å². The SMILES string of the molecule is O=C(O)/C=C/COc1ccc(C(=O)O)c(C(=O)O)c1. The summed E-state index contributed by atoms with van der Waals surface area (Å²) in [6.07, 6.45) is 2.11. The van der Waals surface area contributed by atoms with Crippen LogP contribution < -0.4 is 4.74 Å². The Hall–Kier alpha value is -2.83. The van der Waals surface area contributed by atoms with Gasteiger partial charge < -0.3 is 20.1 Å². The highest BCUT2D eigenvalue weighted by Crippen LogP contribution is 2.18. The van der Waals surface area contributed by atoms with Crippen molar-refractivity contribution >= 4 is 17.9 Å². The van der Waals surface area contributed by atoms with E-state index in [4.69, 9.17) is 20.1 Å². The van der Waals surface area contributed by atoms with Crippen molar-refractivity contribution in [3.63, 3.8) is 0 Å². The zero-order valence-electron chi connectivity index (χ0n) is 9.57. The lowest BCUT2D eigenvalue weighted by atomic mass is 10.1. The molecule has 7 nitrogen and oxygen atoms in total. The van der Waals surface area contributed by atoms with Crippen LogP contribution in [0.1, 0.15) is 20.7 Å². The van der Waals surface area contributed by atoms with Gasteiger partial charge >= 0.3 is 17.9 Å². The van der Waals surface area contributed by atoms with Crippen molar-refractivity contribution in [3.05, 3.63) is 41.5 Å². The van der Waals surface area contributed by atoms with Crippen molar-refractivity contribution in [2.45, 2.75) is 0 Å². The first kappa shape index (κ1) is 14.2. The molecule has 0 amide bonds.